The van der Waals surface area contributed by atoms with Crippen LogP contribution in [0.4, 0.5) is 0 Å². The molecule has 4 nitrogen and oxygen atoms in total. The Bertz CT molecular complexity index is 651. The molecule has 2 rings (SSSR count). The summed E-state index contributed by atoms with van der Waals surface area (Å²) >= 11 is 0. The van der Waals surface area contributed by atoms with E-state index in [0.717, 1.165) is 16.7 Å². The second-order valence-electron chi connectivity index (χ2n) is 4.64. The zero-order valence-electron chi connectivity index (χ0n) is 12.2. The lowest BCUT2D eigenvalue weighted by Crippen LogP contribution is -2.20. The molecule has 0 bridgehead atoms. The van der Waals surface area contributed by atoms with E-state index in [1.807, 2.05) is 43.3 Å². The molecule has 21 heavy (non-hydrogen) atoms. The third-order valence-corrected chi connectivity index (χ3v) is 2.97. The smallest absolute Gasteiger partial charge is 0.244 e. The van der Waals surface area contributed by atoms with Gasteiger partial charge < -0.3 is 10.1 Å². The van der Waals surface area contributed by atoms with Gasteiger partial charge in [0.1, 0.15) is 0 Å². The van der Waals surface area contributed by atoms with Crippen LogP contribution in [0.1, 0.15) is 16.7 Å². The van der Waals surface area contributed by atoms with E-state index in [1.165, 1.54) is 6.08 Å². The molecule has 0 fully saturated rings. The summed E-state index contributed by atoms with van der Waals surface area (Å²) in [5.74, 6) is 0.378. The molecule has 1 N–H and O–H groups in total. The molecular formula is C17H18N2O2. The highest BCUT2D eigenvalue weighted by atomic mass is 16.5. The first-order valence-electron chi connectivity index (χ1n) is 6.69. The monoisotopic (exact) mass is 282 g/mol. The van der Waals surface area contributed by atoms with Crippen molar-refractivity contribution in [2.45, 2.75) is 13.5 Å². The minimum absolute atomic E-state index is 0.151. The van der Waals surface area contributed by atoms with Gasteiger partial charge in [-0.1, -0.05) is 35.9 Å². The molecule has 0 aliphatic rings. The molecule has 0 radical (unpaired) electrons. The van der Waals surface area contributed by atoms with Crippen LogP contribution in [0.2, 0.25) is 0 Å². The van der Waals surface area contributed by atoms with Crippen LogP contribution in [0.15, 0.2) is 48.7 Å². The van der Waals surface area contributed by atoms with E-state index in [9.17, 15) is 4.79 Å². The lowest BCUT2D eigenvalue weighted by atomic mass is 10.1. The highest BCUT2D eigenvalue weighted by Crippen LogP contribution is 2.12. The quantitative estimate of drug-likeness (QED) is 0.858. The van der Waals surface area contributed by atoms with E-state index >= 15 is 0 Å². The molecule has 108 valence electrons. The van der Waals surface area contributed by atoms with Gasteiger partial charge in [0.25, 0.3) is 0 Å². The van der Waals surface area contributed by atoms with Crippen molar-refractivity contribution in [2.24, 2.45) is 0 Å². The summed E-state index contributed by atoms with van der Waals surface area (Å²) in [6, 6.07) is 11.7. The average molecular weight is 282 g/mol. The summed E-state index contributed by atoms with van der Waals surface area (Å²) in [6.07, 6.45) is 4.97. The minimum atomic E-state index is -0.151. The first-order valence-corrected chi connectivity index (χ1v) is 6.69. The number of ether oxygens (including phenoxy) is 1. The number of carbonyl (C=O) groups excluding carboxylic acids is 1. The van der Waals surface area contributed by atoms with E-state index in [4.69, 9.17) is 4.74 Å². The molecule has 0 aliphatic heterocycles. The number of aryl methyl sites for hydroxylation is 1. The predicted octanol–water partition coefficient (Wildman–Crippen LogP) is 2.73. The average Bonchev–Trinajstić information content (AvgIpc) is 2.51. The van der Waals surface area contributed by atoms with Crippen LogP contribution in [0.3, 0.4) is 0 Å². The maximum Gasteiger partial charge on any atom is 0.244 e. The van der Waals surface area contributed by atoms with Crippen molar-refractivity contribution in [3.63, 3.8) is 0 Å². The fourth-order valence-corrected chi connectivity index (χ4v) is 1.93. The largest absolute Gasteiger partial charge is 0.481 e. The molecular weight excluding hydrogens is 264 g/mol. The van der Waals surface area contributed by atoms with Gasteiger partial charge >= 0.3 is 0 Å². The first kappa shape index (κ1) is 14.8. The van der Waals surface area contributed by atoms with Crippen LogP contribution < -0.4 is 10.1 Å². The lowest BCUT2D eigenvalue weighted by molar-refractivity contribution is -0.116. The van der Waals surface area contributed by atoms with Gasteiger partial charge in [-0.25, -0.2) is 4.98 Å². The molecule has 0 atom stereocenters. The second kappa shape index (κ2) is 7.24. The van der Waals surface area contributed by atoms with Crippen LogP contribution >= 0.6 is 0 Å². The summed E-state index contributed by atoms with van der Waals surface area (Å²) in [4.78, 5) is 15.9. The Labute approximate surface area is 124 Å². The second-order valence-corrected chi connectivity index (χ2v) is 4.64. The van der Waals surface area contributed by atoms with Crippen molar-refractivity contribution >= 4 is 12.0 Å². The number of pyridine rings is 1. The number of nitrogens with one attached hydrogen (secondary N) is 1. The van der Waals surface area contributed by atoms with Crippen molar-refractivity contribution < 1.29 is 9.53 Å². The van der Waals surface area contributed by atoms with Crippen LogP contribution in [0.25, 0.3) is 6.08 Å². The molecule has 0 spiro atoms. The molecule has 2 aromatic rings. The van der Waals surface area contributed by atoms with E-state index in [-0.39, 0.29) is 5.91 Å². The number of methoxy groups -OCH3 is 1. The van der Waals surface area contributed by atoms with Crippen molar-refractivity contribution in [1.29, 1.82) is 0 Å². The van der Waals surface area contributed by atoms with Crippen LogP contribution in [-0.4, -0.2) is 18.0 Å². The number of hydrogen-bond donors (Lipinski definition) is 1. The number of benzene rings is 1. The maximum absolute atomic E-state index is 11.8. The van der Waals surface area contributed by atoms with Gasteiger partial charge in [0.05, 0.1) is 7.11 Å². The molecule has 1 amide bonds. The van der Waals surface area contributed by atoms with E-state index in [1.54, 1.807) is 19.4 Å². The van der Waals surface area contributed by atoms with Gasteiger partial charge in [-0.15, -0.1) is 0 Å². The topological polar surface area (TPSA) is 51.2 Å². The van der Waals surface area contributed by atoms with Crippen molar-refractivity contribution in [1.82, 2.24) is 10.3 Å². The molecule has 0 aliphatic carbocycles. The molecule has 0 saturated heterocycles. The Morgan fingerprint density at radius 2 is 2.19 bits per heavy atom. The van der Waals surface area contributed by atoms with E-state index < -0.39 is 0 Å². The van der Waals surface area contributed by atoms with Crippen LogP contribution in [0, 0.1) is 6.92 Å². The Morgan fingerprint density at radius 3 is 2.95 bits per heavy atom. The standard InChI is InChI=1S/C17H18N2O2/c1-13-5-3-6-14(11-13)8-9-16(20)19-12-15-7-4-10-18-17(15)21-2/h3-11H,12H2,1-2H3,(H,19,20). The minimum Gasteiger partial charge on any atom is -0.481 e. The SMILES string of the molecule is COc1ncccc1CNC(=O)C=Cc1cccc(C)c1. The number of aromatic nitrogens is 1. The lowest BCUT2D eigenvalue weighted by Gasteiger charge is -2.06. The van der Waals surface area contributed by atoms with Crippen molar-refractivity contribution in [3.05, 3.63) is 65.4 Å². The zero-order chi connectivity index (χ0) is 15.1. The Morgan fingerprint density at radius 1 is 1.33 bits per heavy atom. The van der Waals surface area contributed by atoms with Crippen LogP contribution in [-0.2, 0) is 11.3 Å². The highest BCUT2D eigenvalue weighted by Gasteiger charge is 2.03. The summed E-state index contributed by atoms with van der Waals surface area (Å²) in [6.45, 7) is 2.40. The Hall–Kier alpha value is -2.62. The van der Waals surface area contributed by atoms with Gasteiger partial charge in [-0.05, 0) is 24.6 Å². The molecule has 1 aromatic heterocycles. The van der Waals surface area contributed by atoms with Crippen LogP contribution in [0.5, 0.6) is 5.88 Å². The summed E-state index contributed by atoms with van der Waals surface area (Å²) < 4.78 is 5.14. The summed E-state index contributed by atoms with van der Waals surface area (Å²) in [7, 11) is 1.56. The molecule has 4 heteroatoms. The van der Waals surface area contributed by atoms with E-state index in [0.29, 0.717) is 12.4 Å². The zero-order valence-corrected chi connectivity index (χ0v) is 12.2. The van der Waals surface area contributed by atoms with Gasteiger partial charge in [0.15, 0.2) is 0 Å². The van der Waals surface area contributed by atoms with Gasteiger partial charge in [-0.2, -0.15) is 0 Å². The number of amides is 1. The number of rotatable bonds is 5. The molecule has 0 saturated carbocycles. The Kier molecular flexibility index (Phi) is 5.10. The van der Waals surface area contributed by atoms with Crippen molar-refractivity contribution in [2.75, 3.05) is 7.11 Å². The molecule has 0 unspecified atom stereocenters. The third-order valence-electron chi connectivity index (χ3n) is 2.97. The number of hydrogen-bond acceptors (Lipinski definition) is 3. The highest BCUT2D eigenvalue weighted by molar-refractivity contribution is 5.91. The fraction of sp³-hybridized carbons (Fsp3) is 0.176. The summed E-state index contributed by atoms with van der Waals surface area (Å²) in [5.41, 5.74) is 3.01. The first-order chi connectivity index (χ1) is 10.2. The fourth-order valence-electron chi connectivity index (χ4n) is 1.93. The summed E-state index contributed by atoms with van der Waals surface area (Å²) in [5, 5.41) is 2.81. The normalized spacial score (nSPS) is 10.6. The maximum atomic E-state index is 11.8. The molecule has 1 aromatic carbocycles. The number of carbonyl (C=O) groups is 1. The number of nitrogens with zero attached hydrogens (tertiary/aromatic N) is 1. The van der Waals surface area contributed by atoms with E-state index in [2.05, 4.69) is 10.3 Å². The molecule has 1 heterocycles. The van der Waals surface area contributed by atoms with Gasteiger partial charge in [0, 0.05) is 24.4 Å². The van der Waals surface area contributed by atoms with Gasteiger partial charge in [-0.3, -0.25) is 4.79 Å². The Balaban J connectivity index is 1.93. The predicted molar refractivity (Wildman–Crippen MR) is 82.8 cm³/mol. The third kappa shape index (κ3) is 4.45. The van der Waals surface area contributed by atoms with Crippen molar-refractivity contribution in [3.8, 4) is 5.88 Å². The van der Waals surface area contributed by atoms with Gasteiger partial charge in [0.2, 0.25) is 11.8 Å².